The fourth-order valence-corrected chi connectivity index (χ4v) is 3.22. The lowest BCUT2D eigenvalue weighted by atomic mass is 10.00. The van der Waals surface area contributed by atoms with Crippen LogP contribution in [0, 0.1) is 0 Å². The van der Waals surface area contributed by atoms with E-state index in [9.17, 15) is 4.79 Å². The largest absolute Gasteiger partial charge is 0.491 e. The van der Waals surface area contributed by atoms with Crippen LogP contribution in [0.2, 0.25) is 10.0 Å². The maximum atomic E-state index is 12.1. The molecule has 1 aliphatic rings. The zero-order valence-corrected chi connectivity index (χ0v) is 14.5. The molecule has 1 aromatic rings. The molecule has 3 nitrogen and oxygen atoms in total. The van der Waals surface area contributed by atoms with E-state index in [1.165, 1.54) is 0 Å². The third-order valence-corrected chi connectivity index (χ3v) is 4.16. The number of nitrogens with zero attached hydrogens (tertiary/aromatic N) is 1. The van der Waals surface area contributed by atoms with Crippen molar-refractivity contribution in [1.29, 1.82) is 0 Å². The molecule has 1 aliphatic heterocycles. The lowest BCUT2D eigenvalue weighted by Crippen LogP contribution is -2.36. The van der Waals surface area contributed by atoms with E-state index in [0.717, 1.165) is 30.6 Å². The average Bonchev–Trinajstić information content (AvgIpc) is 2.47. The molecular formula is C17H21Cl2NO2. The Hall–Kier alpha value is -1.03. The molecule has 5 heteroatoms. The maximum absolute atomic E-state index is 12.1. The van der Waals surface area contributed by atoms with Gasteiger partial charge in [0.15, 0.2) is 11.5 Å². The van der Waals surface area contributed by atoms with Crippen LogP contribution >= 0.6 is 23.2 Å². The molecule has 0 aromatic heterocycles. The van der Waals surface area contributed by atoms with E-state index in [1.54, 1.807) is 12.1 Å². The van der Waals surface area contributed by atoms with Crippen molar-refractivity contribution < 1.29 is 9.53 Å². The van der Waals surface area contributed by atoms with Crippen molar-refractivity contribution >= 4 is 35.1 Å². The maximum Gasteiger partial charge on any atom is 0.161 e. The van der Waals surface area contributed by atoms with E-state index in [2.05, 4.69) is 11.8 Å². The second-order valence-electron chi connectivity index (χ2n) is 5.37. The summed E-state index contributed by atoms with van der Waals surface area (Å²) >= 11 is 12.4. The fourth-order valence-electron chi connectivity index (χ4n) is 2.61. The molecule has 2 rings (SSSR count). The Morgan fingerprint density at radius 3 is 2.55 bits per heavy atom. The molecule has 1 heterocycles. The summed E-state index contributed by atoms with van der Waals surface area (Å²) in [5, 5.41) is 0.935. The first-order valence-corrected chi connectivity index (χ1v) is 8.38. The van der Waals surface area contributed by atoms with Crippen molar-refractivity contribution in [2.75, 3.05) is 26.2 Å². The van der Waals surface area contributed by atoms with Gasteiger partial charge in [0.1, 0.15) is 0 Å². The summed E-state index contributed by atoms with van der Waals surface area (Å²) in [6.07, 6.45) is 3.55. The van der Waals surface area contributed by atoms with Gasteiger partial charge in [0.25, 0.3) is 0 Å². The Bertz CT molecular complexity index is 561. The van der Waals surface area contributed by atoms with Crippen molar-refractivity contribution in [3.63, 3.8) is 0 Å². The van der Waals surface area contributed by atoms with Crippen LogP contribution in [0.3, 0.4) is 0 Å². The number of carbonyl (C=O) groups excluding carboxylic acids is 1. The Kier molecular flexibility index (Phi) is 6.30. The van der Waals surface area contributed by atoms with Crippen molar-refractivity contribution in [2.45, 2.75) is 26.7 Å². The number of ether oxygens (including phenoxy) is 1. The molecule has 0 amide bonds. The lowest BCUT2D eigenvalue weighted by molar-refractivity contribution is -0.117. The Morgan fingerprint density at radius 1 is 1.27 bits per heavy atom. The van der Waals surface area contributed by atoms with E-state index in [1.807, 2.05) is 13.0 Å². The molecule has 0 saturated carbocycles. The first-order chi connectivity index (χ1) is 10.5. The minimum Gasteiger partial charge on any atom is -0.491 e. The van der Waals surface area contributed by atoms with Crippen LogP contribution in [0.5, 0.6) is 5.75 Å². The van der Waals surface area contributed by atoms with Gasteiger partial charge >= 0.3 is 0 Å². The van der Waals surface area contributed by atoms with Crippen LogP contribution < -0.4 is 4.74 Å². The SMILES string of the molecule is CCCN1CCC(=O)/C(=C/c2cc(Cl)c(OCC)c(Cl)c2)C1. The van der Waals surface area contributed by atoms with Crippen LogP contribution in [0.15, 0.2) is 17.7 Å². The number of benzene rings is 1. The average molecular weight is 342 g/mol. The summed E-state index contributed by atoms with van der Waals surface area (Å²) in [5.41, 5.74) is 1.65. The fraction of sp³-hybridized carbons (Fsp3) is 0.471. The number of likely N-dealkylation sites (tertiary alicyclic amines) is 1. The predicted octanol–water partition coefficient (Wildman–Crippen LogP) is 4.46. The zero-order chi connectivity index (χ0) is 16.1. The molecule has 0 spiro atoms. The summed E-state index contributed by atoms with van der Waals surface area (Å²) in [4.78, 5) is 14.4. The van der Waals surface area contributed by atoms with Crippen LogP contribution in [-0.4, -0.2) is 36.9 Å². The minimum atomic E-state index is 0.202. The zero-order valence-electron chi connectivity index (χ0n) is 13.0. The number of Topliss-reactive ketones (excluding diaryl/α,β-unsaturated/α-hetero) is 1. The molecule has 120 valence electrons. The molecule has 1 fully saturated rings. The molecule has 0 radical (unpaired) electrons. The summed E-state index contributed by atoms with van der Waals surface area (Å²) in [6, 6.07) is 3.58. The van der Waals surface area contributed by atoms with Crippen molar-refractivity contribution in [2.24, 2.45) is 0 Å². The number of hydrogen-bond donors (Lipinski definition) is 0. The number of halogens is 2. The topological polar surface area (TPSA) is 29.5 Å². The first kappa shape index (κ1) is 17.3. The second-order valence-corrected chi connectivity index (χ2v) is 6.18. The second kappa shape index (κ2) is 8.00. The van der Waals surface area contributed by atoms with E-state index >= 15 is 0 Å². The number of piperidine rings is 1. The molecule has 0 atom stereocenters. The van der Waals surface area contributed by atoms with Crippen LogP contribution in [0.4, 0.5) is 0 Å². The molecule has 0 unspecified atom stereocenters. The Morgan fingerprint density at radius 2 is 1.95 bits per heavy atom. The quantitative estimate of drug-likeness (QED) is 0.740. The van der Waals surface area contributed by atoms with E-state index < -0.39 is 0 Å². The van der Waals surface area contributed by atoms with Gasteiger partial charge in [-0.3, -0.25) is 9.69 Å². The van der Waals surface area contributed by atoms with Gasteiger partial charge in [-0.05, 0) is 43.7 Å². The standard InChI is InChI=1S/C17H21Cl2NO2/c1-3-6-20-7-5-16(21)13(11-20)8-12-9-14(18)17(22-4-2)15(19)10-12/h8-10H,3-7,11H2,1-2H3/b13-8+. The Labute approximate surface area is 141 Å². The van der Waals surface area contributed by atoms with Crippen LogP contribution in [0.1, 0.15) is 32.3 Å². The lowest BCUT2D eigenvalue weighted by Gasteiger charge is -2.27. The number of hydrogen-bond acceptors (Lipinski definition) is 3. The monoisotopic (exact) mass is 341 g/mol. The normalized spacial score (nSPS) is 18.0. The number of ketones is 1. The van der Waals surface area contributed by atoms with Crippen molar-refractivity contribution in [1.82, 2.24) is 4.90 Å². The summed E-state index contributed by atoms with van der Waals surface area (Å²) in [7, 11) is 0. The van der Waals surface area contributed by atoms with E-state index in [-0.39, 0.29) is 5.78 Å². The van der Waals surface area contributed by atoms with Gasteiger partial charge in [-0.2, -0.15) is 0 Å². The number of rotatable bonds is 5. The molecule has 0 N–H and O–H groups in total. The predicted molar refractivity (Wildman–Crippen MR) is 92.0 cm³/mol. The third-order valence-electron chi connectivity index (χ3n) is 3.60. The van der Waals surface area contributed by atoms with Gasteiger partial charge in [0.2, 0.25) is 0 Å². The molecule has 1 aromatic carbocycles. The highest BCUT2D eigenvalue weighted by Crippen LogP contribution is 2.35. The molecule has 22 heavy (non-hydrogen) atoms. The first-order valence-electron chi connectivity index (χ1n) is 7.63. The van der Waals surface area contributed by atoms with Gasteiger partial charge in [-0.1, -0.05) is 30.1 Å². The number of carbonyl (C=O) groups is 1. The van der Waals surface area contributed by atoms with Gasteiger partial charge in [0.05, 0.1) is 16.7 Å². The minimum absolute atomic E-state index is 0.202. The highest BCUT2D eigenvalue weighted by Gasteiger charge is 2.21. The van der Waals surface area contributed by atoms with Gasteiger partial charge in [-0.15, -0.1) is 0 Å². The highest BCUT2D eigenvalue weighted by molar-refractivity contribution is 6.37. The van der Waals surface area contributed by atoms with Crippen molar-refractivity contribution in [3.8, 4) is 5.75 Å². The summed E-state index contributed by atoms with van der Waals surface area (Å²) < 4.78 is 5.42. The van der Waals surface area contributed by atoms with Gasteiger partial charge in [-0.25, -0.2) is 0 Å². The van der Waals surface area contributed by atoms with Gasteiger partial charge < -0.3 is 4.74 Å². The van der Waals surface area contributed by atoms with Gasteiger partial charge in [0, 0.05) is 25.1 Å². The molecular weight excluding hydrogens is 321 g/mol. The molecule has 1 saturated heterocycles. The Balaban J connectivity index is 2.25. The molecule has 0 aliphatic carbocycles. The summed E-state index contributed by atoms with van der Waals surface area (Å²) in [5.74, 6) is 0.698. The van der Waals surface area contributed by atoms with Crippen LogP contribution in [0.25, 0.3) is 6.08 Å². The highest BCUT2D eigenvalue weighted by atomic mass is 35.5. The third kappa shape index (κ3) is 4.25. The smallest absolute Gasteiger partial charge is 0.161 e. The van der Waals surface area contributed by atoms with E-state index in [0.29, 0.717) is 35.4 Å². The molecule has 0 bridgehead atoms. The van der Waals surface area contributed by atoms with Crippen molar-refractivity contribution in [3.05, 3.63) is 33.3 Å². The summed E-state index contributed by atoms with van der Waals surface area (Å²) in [6.45, 7) is 7.07. The van der Waals surface area contributed by atoms with E-state index in [4.69, 9.17) is 27.9 Å². The van der Waals surface area contributed by atoms with Crippen LogP contribution in [-0.2, 0) is 4.79 Å².